The van der Waals surface area contributed by atoms with Crippen molar-refractivity contribution in [3.63, 3.8) is 0 Å². The number of aromatic nitrogens is 1. The van der Waals surface area contributed by atoms with Gasteiger partial charge in [-0.25, -0.2) is 4.79 Å². The van der Waals surface area contributed by atoms with Crippen LogP contribution in [0.3, 0.4) is 0 Å². The molecule has 4 aromatic rings. The molecule has 0 fully saturated rings. The van der Waals surface area contributed by atoms with Crippen LogP contribution >= 0.6 is 0 Å². The number of amides is 4. The zero-order valence-corrected chi connectivity index (χ0v) is 26.2. The Hall–Kier alpha value is -4.83. The molecule has 5 rings (SSSR count). The van der Waals surface area contributed by atoms with Gasteiger partial charge in [-0.3, -0.25) is 9.59 Å². The highest BCUT2D eigenvalue weighted by Gasteiger charge is 2.32. The lowest BCUT2D eigenvalue weighted by atomic mass is 10.0. The molecule has 0 spiro atoms. The summed E-state index contributed by atoms with van der Waals surface area (Å²) in [6, 6.07) is 21.8. The SMILES string of the molecule is C[C@H]1CN([C@@H](C)CO)C(=O)Cc2cc(NC(=O)Cc3cn(C)c4ccccc34)ccc2O[C@H]1CN(C)C(=O)Nc1ccccc1. The van der Waals surface area contributed by atoms with Crippen molar-refractivity contribution < 1.29 is 24.2 Å². The average molecular weight is 612 g/mol. The summed E-state index contributed by atoms with van der Waals surface area (Å²) in [5, 5.41) is 16.9. The number of benzene rings is 3. The van der Waals surface area contributed by atoms with Crippen molar-refractivity contribution in [1.29, 1.82) is 0 Å². The first-order chi connectivity index (χ1) is 21.6. The number of aliphatic hydroxyl groups is 1. The van der Waals surface area contributed by atoms with E-state index >= 15 is 0 Å². The molecule has 2 heterocycles. The highest BCUT2D eigenvalue weighted by Crippen LogP contribution is 2.30. The molecule has 0 aliphatic carbocycles. The number of aryl methyl sites for hydroxylation is 1. The molecule has 3 aromatic carbocycles. The Kier molecular flexibility index (Phi) is 9.73. The van der Waals surface area contributed by atoms with E-state index in [1.165, 1.54) is 0 Å². The fourth-order valence-electron chi connectivity index (χ4n) is 5.76. The summed E-state index contributed by atoms with van der Waals surface area (Å²) in [5.74, 6) is 0.0292. The molecule has 0 unspecified atom stereocenters. The van der Waals surface area contributed by atoms with E-state index in [1.54, 1.807) is 35.0 Å². The van der Waals surface area contributed by atoms with Gasteiger partial charge < -0.3 is 34.8 Å². The summed E-state index contributed by atoms with van der Waals surface area (Å²) in [7, 11) is 3.66. The van der Waals surface area contributed by atoms with E-state index in [-0.39, 0.29) is 49.8 Å². The van der Waals surface area contributed by atoms with Gasteiger partial charge in [0.05, 0.1) is 32.0 Å². The number of para-hydroxylation sites is 2. The minimum Gasteiger partial charge on any atom is -0.488 e. The second kappa shape index (κ2) is 13.9. The van der Waals surface area contributed by atoms with Gasteiger partial charge in [0.25, 0.3) is 0 Å². The molecule has 1 aromatic heterocycles. The smallest absolute Gasteiger partial charge is 0.321 e. The Morgan fingerprint density at radius 3 is 2.53 bits per heavy atom. The van der Waals surface area contributed by atoms with E-state index in [1.807, 2.05) is 86.3 Å². The van der Waals surface area contributed by atoms with Crippen molar-refractivity contribution in [3.05, 3.63) is 90.1 Å². The van der Waals surface area contributed by atoms with Crippen molar-refractivity contribution in [2.45, 2.75) is 38.8 Å². The lowest BCUT2D eigenvalue weighted by Gasteiger charge is -2.34. The number of fused-ring (bicyclic) bond motifs is 2. The number of aliphatic hydroxyl groups excluding tert-OH is 1. The second-order valence-electron chi connectivity index (χ2n) is 11.9. The Balaban J connectivity index is 1.36. The van der Waals surface area contributed by atoms with Crippen molar-refractivity contribution in [1.82, 2.24) is 14.4 Å². The van der Waals surface area contributed by atoms with Gasteiger partial charge >= 0.3 is 6.03 Å². The zero-order valence-electron chi connectivity index (χ0n) is 26.2. The Morgan fingerprint density at radius 2 is 1.78 bits per heavy atom. The summed E-state index contributed by atoms with van der Waals surface area (Å²) >= 11 is 0. The summed E-state index contributed by atoms with van der Waals surface area (Å²) in [6.45, 7) is 4.22. The summed E-state index contributed by atoms with van der Waals surface area (Å²) in [5.41, 5.74) is 3.85. The fraction of sp³-hybridized carbons (Fsp3) is 0.343. The van der Waals surface area contributed by atoms with Gasteiger partial charge in [0.15, 0.2) is 0 Å². The van der Waals surface area contributed by atoms with Gasteiger partial charge in [0.2, 0.25) is 11.8 Å². The number of nitrogens with zero attached hydrogens (tertiary/aromatic N) is 3. The van der Waals surface area contributed by atoms with Gasteiger partial charge in [0.1, 0.15) is 11.9 Å². The zero-order chi connectivity index (χ0) is 32.1. The molecule has 1 aliphatic heterocycles. The predicted octanol–water partition coefficient (Wildman–Crippen LogP) is 4.67. The van der Waals surface area contributed by atoms with Crippen molar-refractivity contribution in [2.75, 3.05) is 37.4 Å². The maximum Gasteiger partial charge on any atom is 0.321 e. The third kappa shape index (κ3) is 7.46. The monoisotopic (exact) mass is 611 g/mol. The van der Waals surface area contributed by atoms with Crippen LogP contribution in [-0.2, 0) is 29.5 Å². The number of rotatable bonds is 8. The lowest BCUT2D eigenvalue weighted by Crippen LogP contribution is -2.48. The number of likely N-dealkylation sites (N-methyl/N-ethyl adjacent to an activating group) is 1. The third-order valence-corrected chi connectivity index (χ3v) is 8.36. The highest BCUT2D eigenvalue weighted by molar-refractivity contribution is 5.96. The normalized spacial score (nSPS) is 17.4. The van der Waals surface area contributed by atoms with Crippen LogP contribution in [0.2, 0.25) is 0 Å². The maximum absolute atomic E-state index is 13.6. The van der Waals surface area contributed by atoms with E-state index < -0.39 is 12.1 Å². The quantitative estimate of drug-likeness (QED) is 0.268. The number of nitrogens with one attached hydrogen (secondary N) is 2. The number of hydrogen-bond donors (Lipinski definition) is 3. The fourth-order valence-corrected chi connectivity index (χ4v) is 5.76. The highest BCUT2D eigenvalue weighted by atomic mass is 16.5. The van der Waals surface area contributed by atoms with Gasteiger partial charge in [-0.1, -0.05) is 43.3 Å². The minimum absolute atomic E-state index is 0.0382. The second-order valence-corrected chi connectivity index (χ2v) is 11.9. The molecule has 10 nitrogen and oxygen atoms in total. The summed E-state index contributed by atoms with van der Waals surface area (Å²) < 4.78 is 8.55. The molecular formula is C35H41N5O5. The number of urea groups is 1. The van der Waals surface area contributed by atoms with Crippen LogP contribution in [0.5, 0.6) is 5.75 Å². The first kappa shape index (κ1) is 31.6. The summed E-state index contributed by atoms with van der Waals surface area (Å²) in [4.78, 5) is 42.9. The molecule has 3 atom stereocenters. The van der Waals surface area contributed by atoms with Gasteiger partial charge in [0, 0.05) is 60.6 Å². The average Bonchev–Trinajstić information content (AvgIpc) is 3.36. The molecule has 0 radical (unpaired) electrons. The number of ether oxygens (including phenoxy) is 1. The molecule has 4 amide bonds. The van der Waals surface area contributed by atoms with E-state index in [2.05, 4.69) is 10.6 Å². The molecule has 1 aliphatic rings. The third-order valence-electron chi connectivity index (χ3n) is 8.36. The van der Waals surface area contributed by atoms with Crippen LogP contribution < -0.4 is 15.4 Å². The predicted molar refractivity (Wildman–Crippen MR) is 175 cm³/mol. The van der Waals surface area contributed by atoms with Crippen LogP contribution in [0.25, 0.3) is 10.9 Å². The van der Waals surface area contributed by atoms with Gasteiger partial charge in [-0.15, -0.1) is 0 Å². The first-order valence-corrected chi connectivity index (χ1v) is 15.2. The maximum atomic E-state index is 13.6. The first-order valence-electron chi connectivity index (χ1n) is 15.2. The van der Waals surface area contributed by atoms with Crippen molar-refractivity contribution in [2.24, 2.45) is 13.0 Å². The minimum atomic E-state index is -0.457. The Morgan fingerprint density at radius 1 is 1.04 bits per heavy atom. The molecule has 10 heteroatoms. The van der Waals surface area contributed by atoms with Crippen LogP contribution in [0, 0.1) is 5.92 Å². The largest absolute Gasteiger partial charge is 0.488 e. The number of anilines is 2. The standard InChI is InChI=1S/C35H41N5O5/c1-23-19-40(24(2)22-41)34(43)18-25-16-28(36-33(42)17-26-20-38(3)30-13-9-8-12-29(26)30)14-15-31(25)45-32(23)21-39(4)35(44)37-27-10-6-5-7-11-27/h5-16,20,23-24,32,41H,17-19,21-22H2,1-4H3,(H,36,42)(H,37,44)/t23-,24-,32-/m0/s1. The van der Waals surface area contributed by atoms with Gasteiger partial charge in [-0.2, -0.15) is 0 Å². The van der Waals surface area contributed by atoms with Crippen LogP contribution in [0.15, 0.2) is 79.0 Å². The molecule has 0 bridgehead atoms. The number of carbonyl (C=O) groups excluding carboxylic acids is 3. The molecule has 0 saturated carbocycles. The van der Waals surface area contributed by atoms with Crippen LogP contribution in [0.1, 0.15) is 25.0 Å². The molecule has 236 valence electrons. The van der Waals surface area contributed by atoms with Crippen molar-refractivity contribution >= 4 is 40.1 Å². The Labute approximate surface area is 263 Å². The number of carbonyl (C=O) groups is 3. The van der Waals surface area contributed by atoms with E-state index in [9.17, 15) is 19.5 Å². The van der Waals surface area contributed by atoms with E-state index in [0.29, 0.717) is 29.2 Å². The molecular weight excluding hydrogens is 570 g/mol. The van der Waals surface area contributed by atoms with Crippen LogP contribution in [-0.4, -0.2) is 76.2 Å². The molecule has 0 saturated heterocycles. The van der Waals surface area contributed by atoms with E-state index in [4.69, 9.17) is 4.74 Å². The van der Waals surface area contributed by atoms with Crippen molar-refractivity contribution in [3.8, 4) is 5.75 Å². The number of hydrogen-bond acceptors (Lipinski definition) is 5. The van der Waals surface area contributed by atoms with Crippen LogP contribution in [0.4, 0.5) is 16.2 Å². The lowest BCUT2D eigenvalue weighted by molar-refractivity contribution is -0.134. The van der Waals surface area contributed by atoms with E-state index in [0.717, 1.165) is 16.5 Å². The van der Waals surface area contributed by atoms with Gasteiger partial charge in [-0.05, 0) is 48.9 Å². The Bertz CT molecular complexity index is 1670. The molecule has 45 heavy (non-hydrogen) atoms. The molecule has 3 N–H and O–H groups in total. The summed E-state index contributed by atoms with van der Waals surface area (Å²) in [6.07, 6.45) is 1.75. The topological polar surface area (TPSA) is 116 Å².